The Morgan fingerprint density at radius 1 is 1.10 bits per heavy atom. The van der Waals surface area contributed by atoms with Gasteiger partial charge in [0, 0.05) is 49.2 Å². The summed E-state index contributed by atoms with van der Waals surface area (Å²) in [5.74, 6) is 0.559. The molecular weight excluding hydrogens is 422 g/mol. The molecule has 0 aromatic carbocycles. The molecule has 1 aliphatic heterocycles. The highest BCUT2D eigenvalue weighted by Crippen LogP contribution is 2.34. The lowest BCUT2D eigenvalue weighted by atomic mass is 9.85. The molecule has 3 aromatic rings. The minimum Gasteiger partial charge on any atom is -0.381 e. The first-order valence-corrected chi connectivity index (χ1v) is 12.2. The van der Waals surface area contributed by atoms with Gasteiger partial charge in [-0.2, -0.15) is 0 Å². The normalized spacial score (nSPS) is 16.5. The van der Waals surface area contributed by atoms with Crippen LogP contribution in [0.15, 0.2) is 53.7 Å². The number of ether oxygens (including phenoxy) is 1. The average Bonchev–Trinajstić information content (AvgIpc) is 3.23. The second kappa shape index (κ2) is 8.88. The fraction of sp³-hybridized carbons (Fsp3) is 0.364. The maximum atomic E-state index is 11.8. The summed E-state index contributed by atoms with van der Waals surface area (Å²) in [6, 6.07) is 11.2. The lowest BCUT2D eigenvalue weighted by Crippen LogP contribution is -2.19. The number of nitrogens with one attached hydrogen (secondary N) is 1. The molecular formula is C22H24ClN3O3S. The molecule has 158 valence electrons. The van der Waals surface area contributed by atoms with E-state index in [0.717, 1.165) is 55.3 Å². The Kier molecular flexibility index (Phi) is 6.22. The summed E-state index contributed by atoms with van der Waals surface area (Å²) in [4.78, 5) is 12.6. The van der Waals surface area contributed by atoms with Gasteiger partial charge in [-0.1, -0.05) is 11.6 Å². The lowest BCUT2D eigenvalue weighted by molar-refractivity contribution is 0.0625. The summed E-state index contributed by atoms with van der Waals surface area (Å²) in [7, 11) is -3.28. The molecule has 1 atom stereocenters. The van der Waals surface area contributed by atoms with Crippen LogP contribution in [0.5, 0.6) is 0 Å². The van der Waals surface area contributed by atoms with Gasteiger partial charge in [0.2, 0.25) is 0 Å². The van der Waals surface area contributed by atoms with Crippen molar-refractivity contribution in [3.05, 3.63) is 65.2 Å². The van der Waals surface area contributed by atoms with Crippen LogP contribution in [0.1, 0.15) is 36.6 Å². The molecule has 6 nitrogen and oxygen atoms in total. The number of halogens is 1. The monoisotopic (exact) mass is 445 g/mol. The molecule has 0 radical (unpaired) electrons. The van der Waals surface area contributed by atoms with Crippen molar-refractivity contribution in [2.24, 2.45) is 5.92 Å². The van der Waals surface area contributed by atoms with Crippen LogP contribution >= 0.6 is 11.6 Å². The van der Waals surface area contributed by atoms with Gasteiger partial charge in [0.15, 0.2) is 9.84 Å². The maximum absolute atomic E-state index is 11.8. The molecule has 3 aromatic heterocycles. The highest BCUT2D eigenvalue weighted by Gasteiger charge is 2.25. The summed E-state index contributed by atoms with van der Waals surface area (Å²) in [6.07, 6.45) is 7.23. The van der Waals surface area contributed by atoms with Crippen LogP contribution in [-0.2, 0) is 14.6 Å². The van der Waals surface area contributed by atoms with Gasteiger partial charge in [0.1, 0.15) is 0 Å². The molecule has 4 heterocycles. The molecule has 8 heteroatoms. The Labute approximate surface area is 181 Å². The predicted octanol–water partition coefficient (Wildman–Crippen LogP) is 4.48. The number of aromatic amines is 1. The molecule has 1 saturated heterocycles. The van der Waals surface area contributed by atoms with Crippen LogP contribution < -0.4 is 0 Å². The topological polar surface area (TPSA) is 84.9 Å². The first-order chi connectivity index (χ1) is 14.4. The molecule has 30 heavy (non-hydrogen) atoms. The molecule has 4 rings (SSSR count). The zero-order valence-corrected chi connectivity index (χ0v) is 18.3. The quantitative estimate of drug-likeness (QED) is 0.604. The van der Waals surface area contributed by atoms with E-state index in [-0.39, 0.29) is 10.8 Å². The third-order valence-electron chi connectivity index (χ3n) is 5.54. The second-order valence-electron chi connectivity index (χ2n) is 7.72. The summed E-state index contributed by atoms with van der Waals surface area (Å²) in [5.41, 5.74) is 3.61. The van der Waals surface area contributed by atoms with E-state index in [2.05, 4.69) is 21.0 Å². The molecule has 0 amide bonds. The van der Waals surface area contributed by atoms with Crippen molar-refractivity contribution in [1.82, 2.24) is 15.0 Å². The van der Waals surface area contributed by atoms with E-state index in [4.69, 9.17) is 16.3 Å². The van der Waals surface area contributed by atoms with Gasteiger partial charge in [-0.05, 0) is 61.6 Å². The van der Waals surface area contributed by atoms with Gasteiger partial charge in [-0.25, -0.2) is 8.42 Å². The molecule has 0 bridgehead atoms. The summed E-state index contributed by atoms with van der Waals surface area (Å²) < 4.78 is 29.1. The van der Waals surface area contributed by atoms with Gasteiger partial charge in [0.25, 0.3) is 0 Å². The van der Waals surface area contributed by atoms with E-state index >= 15 is 0 Å². The van der Waals surface area contributed by atoms with Crippen molar-refractivity contribution in [2.75, 3.05) is 19.5 Å². The molecule has 0 spiro atoms. The number of H-pyrrole nitrogens is 1. The number of hydrogen-bond donors (Lipinski definition) is 1. The average molecular weight is 446 g/mol. The fourth-order valence-corrected chi connectivity index (χ4v) is 4.51. The van der Waals surface area contributed by atoms with Crippen LogP contribution in [0.2, 0.25) is 5.02 Å². The Balaban J connectivity index is 1.65. The van der Waals surface area contributed by atoms with Crippen molar-refractivity contribution < 1.29 is 13.2 Å². The second-order valence-corrected chi connectivity index (χ2v) is 10.2. The van der Waals surface area contributed by atoms with Gasteiger partial charge >= 0.3 is 0 Å². The molecule has 1 N–H and O–H groups in total. The van der Waals surface area contributed by atoms with E-state index in [1.54, 1.807) is 12.3 Å². The number of rotatable bonds is 6. The fourth-order valence-electron chi connectivity index (χ4n) is 3.84. The van der Waals surface area contributed by atoms with Crippen LogP contribution in [0.3, 0.4) is 0 Å². The molecule has 1 aliphatic rings. The van der Waals surface area contributed by atoms with Crippen molar-refractivity contribution in [1.29, 1.82) is 0 Å². The SMILES string of the molecule is CS(=O)(=O)c1ccc(C(CC2CCOCC2)c2ccc(-c3ccc(Cl)cn3)[nH]2)nc1. The third-order valence-corrected chi connectivity index (χ3v) is 6.86. The highest BCUT2D eigenvalue weighted by molar-refractivity contribution is 7.90. The van der Waals surface area contributed by atoms with Crippen LogP contribution in [0.25, 0.3) is 11.4 Å². The Morgan fingerprint density at radius 2 is 1.90 bits per heavy atom. The maximum Gasteiger partial charge on any atom is 0.177 e. The number of sulfone groups is 1. The van der Waals surface area contributed by atoms with Crippen molar-refractivity contribution >= 4 is 21.4 Å². The third kappa shape index (κ3) is 4.91. The van der Waals surface area contributed by atoms with Crippen LogP contribution in [0, 0.1) is 5.92 Å². The smallest absolute Gasteiger partial charge is 0.177 e. The van der Waals surface area contributed by atoms with Gasteiger partial charge < -0.3 is 9.72 Å². The lowest BCUT2D eigenvalue weighted by Gasteiger charge is -2.26. The van der Waals surface area contributed by atoms with Gasteiger partial charge in [0.05, 0.1) is 21.3 Å². The van der Waals surface area contributed by atoms with E-state index < -0.39 is 9.84 Å². The van der Waals surface area contributed by atoms with Gasteiger partial charge in [-0.3, -0.25) is 9.97 Å². The highest BCUT2D eigenvalue weighted by atomic mass is 35.5. The first kappa shape index (κ1) is 21.0. The van der Waals surface area contributed by atoms with Crippen molar-refractivity contribution in [2.45, 2.75) is 30.1 Å². The minimum atomic E-state index is -3.28. The van der Waals surface area contributed by atoms with Crippen molar-refractivity contribution in [3.63, 3.8) is 0 Å². The van der Waals surface area contributed by atoms with E-state index in [0.29, 0.717) is 10.9 Å². The largest absolute Gasteiger partial charge is 0.381 e. The van der Waals surface area contributed by atoms with Gasteiger partial charge in [-0.15, -0.1) is 0 Å². The molecule has 1 fully saturated rings. The van der Waals surface area contributed by atoms with Crippen molar-refractivity contribution in [3.8, 4) is 11.4 Å². The summed E-state index contributed by atoms with van der Waals surface area (Å²) >= 11 is 5.95. The van der Waals surface area contributed by atoms with Crippen LogP contribution in [0.4, 0.5) is 0 Å². The number of aromatic nitrogens is 3. The molecule has 0 aliphatic carbocycles. The zero-order valence-electron chi connectivity index (χ0n) is 16.7. The molecule has 0 saturated carbocycles. The summed E-state index contributed by atoms with van der Waals surface area (Å²) in [6.45, 7) is 1.56. The summed E-state index contributed by atoms with van der Waals surface area (Å²) in [5, 5.41) is 0.595. The zero-order chi connectivity index (χ0) is 21.1. The minimum absolute atomic E-state index is 0.0303. The van der Waals surface area contributed by atoms with E-state index in [1.165, 1.54) is 12.5 Å². The number of hydrogen-bond acceptors (Lipinski definition) is 5. The number of pyridine rings is 2. The Morgan fingerprint density at radius 3 is 2.53 bits per heavy atom. The first-order valence-electron chi connectivity index (χ1n) is 9.95. The Hall–Kier alpha value is -2.22. The molecule has 1 unspecified atom stereocenters. The predicted molar refractivity (Wildman–Crippen MR) is 116 cm³/mol. The van der Waals surface area contributed by atoms with E-state index in [1.807, 2.05) is 24.3 Å². The Bertz CT molecular complexity index is 1090. The van der Waals surface area contributed by atoms with E-state index in [9.17, 15) is 8.42 Å². The standard InChI is InChI=1S/C22H24ClN3O3S/c1-30(27,28)17-3-5-19(25-14-17)18(12-15-8-10-29-11-9-15)20-6-7-22(26-20)21-4-2-16(23)13-24-21/h2-7,13-15,18,26H,8-12H2,1H3. The number of nitrogens with zero attached hydrogens (tertiary/aromatic N) is 2. The van der Waals surface area contributed by atoms with Crippen LogP contribution in [-0.4, -0.2) is 42.8 Å².